The lowest BCUT2D eigenvalue weighted by molar-refractivity contribution is 0.0589. The van der Waals surface area contributed by atoms with Crippen LogP contribution in [0, 0.1) is 0 Å². The summed E-state index contributed by atoms with van der Waals surface area (Å²) in [5.74, 6) is 0.675. The van der Waals surface area contributed by atoms with Gasteiger partial charge in [-0.1, -0.05) is 18.2 Å². The van der Waals surface area contributed by atoms with Crippen LogP contribution < -0.4 is 15.4 Å². The highest BCUT2D eigenvalue weighted by molar-refractivity contribution is 7.26. The van der Waals surface area contributed by atoms with Crippen molar-refractivity contribution in [1.82, 2.24) is 9.38 Å². The number of morpholine rings is 1. The number of anilines is 2. The number of ether oxygens (including phenoxy) is 2. The number of fused-ring (bicyclic) bond motifs is 4. The van der Waals surface area contributed by atoms with Crippen LogP contribution in [0.1, 0.15) is 20.8 Å². The maximum atomic E-state index is 13.1. The van der Waals surface area contributed by atoms with Crippen LogP contribution in [0.25, 0.3) is 36.9 Å². The topological polar surface area (TPSA) is 76.4 Å². The summed E-state index contributed by atoms with van der Waals surface area (Å²) in [4.78, 5) is 34.4. The summed E-state index contributed by atoms with van der Waals surface area (Å²) in [5, 5.41) is 2.14. The van der Waals surface area contributed by atoms with E-state index >= 15 is 0 Å². The molecule has 0 atom stereocenters. The highest BCUT2D eigenvalue weighted by atomic mass is 32.1. The Kier molecular flexibility index (Phi) is 6.28. The molecule has 9 heteroatoms. The molecule has 1 fully saturated rings. The number of thiophene rings is 1. The predicted molar refractivity (Wildman–Crippen MR) is 157 cm³/mol. The smallest absolute Gasteiger partial charge is 0.414 e. The molecule has 4 heterocycles. The van der Waals surface area contributed by atoms with Gasteiger partial charge in [-0.15, -0.1) is 11.3 Å². The third kappa shape index (κ3) is 4.72. The van der Waals surface area contributed by atoms with E-state index in [0.29, 0.717) is 37.8 Å². The molecule has 0 unspecified atom stereocenters. The summed E-state index contributed by atoms with van der Waals surface area (Å²) in [6.07, 6.45) is 1.37. The van der Waals surface area contributed by atoms with Gasteiger partial charge in [-0.3, -0.25) is 14.1 Å². The lowest BCUT2D eigenvalue weighted by atomic mass is 10.0. The number of hydrogen-bond donors (Lipinski definition) is 0. The molecular weight excluding hydrogens is 512 g/mol. The third-order valence-corrected chi connectivity index (χ3v) is 8.06. The van der Waals surface area contributed by atoms with Crippen LogP contribution in [0.5, 0.6) is 0 Å². The Hall–Kier alpha value is -3.95. The average molecular weight is 543 g/mol. The Morgan fingerprint density at radius 1 is 1.03 bits per heavy atom. The van der Waals surface area contributed by atoms with Gasteiger partial charge in [0.2, 0.25) is 0 Å². The van der Waals surface area contributed by atoms with Gasteiger partial charge in [-0.25, -0.2) is 9.78 Å². The molecule has 0 bridgehead atoms. The van der Waals surface area contributed by atoms with Gasteiger partial charge < -0.3 is 14.4 Å². The second kappa shape index (κ2) is 9.66. The number of carbonyl (C=O) groups is 1. The lowest BCUT2D eigenvalue weighted by Crippen LogP contribution is -2.37. The fraction of sp³-hybridized carbons (Fsp3) is 0.300. The maximum absolute atomic E-state index is 13.1. The monoisotopic (exact) mass is 542 g/mol. The van der Waals surface area contributed by atoms with Gasteiger partial charge in [0.05, 0.1) is 13.2 Å². The van der Waals surface area contributed by atoms with Crippen LogP contribution in [0.3, 0.4) is 0 Å². The van der Waals surface area contributed by atoms with E-state index in [4.69, 9.17) is 14.5 Å². The summed E-state index contributed by atoms with van der Waals surface area (Å²) in [6.45, 7) is 8.22. The Bertz CT molecular complexity index is 1780. The second-order valence-electron chi connectivity index (χ2n) is 10.7. The Morgan fingerprint density at radius 3 is 2.56 bits per heavy atom. The highest BCUT2D eigenvalue weighted by Gasteiger charge is 2.22. The van der Waals surface area contributed by atoms with Crippen LogP contribution in [-0.4, -0.2) is 54.4 Å². The van der Waals surface area contributed by atoms with Gasteiger partial charge >= 0.3 is 6.09 Å². The number of rotatable bonds is 3. The van der Waals surface area contributed by atoms with Crippen LogP contribution in [-0.2, 0) is 9.47 Å². The molecule has 5 aromatic rings. The zero-order valence-electron chi connectivity index (χ0n) is 22.4. The summed E-state index contributed by atoms with van der Waals surface area (Å²) in [6, 6.07) is 17.7. The minimum Gasteiger partial charge on any atom is -0.443 e. The molecule has 0 spiro atoms. The van der Waals surface area contributed by atoms with Crippen LogP contribution in [0.2, 0.25) is 0 Å². The Morgan fingerprint density at radius 2 is 1.79 bits per heavy atom. The Balaban J connectivity index is 1.48. The van der Waals surface area contributed by atoms with E-state index < -0.39 is 11.7 Å². The largest absolute Gasteiger partial charge is 0.443 e. The molecule has 1 aliphatic rings. The first kappa shape index (κ1) is 25.3. The number of hydrogen-bond acceptors (Lipinski definition) is 7. The van der Waals surface area contributed by atoms with Crippen molar-refractivity contribution in [2.45, 2.75) is 26.4 Å². The van der Waals surface area contributed by atoms with Gasteiger partial charge in [0, 0.05) is 69.4 Å². The summed E-state index contributed by atoms with van der Waals surface area (Å²) in [7, 11) is 1.72. The van der Waals surface area contributed by atoms with E-state index in [-0.39, 0.29) is 5.56 Å². The van der Waals surface area contributed by atoms with Crippen molar-refractivity contribution >= 4 is 54.8 Å². The predicted octanol–water partition coefficient (Wildman–Crippen LogP) is 5.94. The summed E-state index contributed by atoms with van der Waals surface area (Å²) >= 11 is 1.69. The van der Waals surface area contributed by atoms with E-state index in [1.54, 1.807) is 35.0 Å². The maximum Gasteiger partial charge on any atom is 0.414 e. The molecule has 1 saturated heterocycles. The molecule has 3 aromatic heterocycles. The van der Waals surface area contributed by atoms with Crippen molar-refractivity contribution < 1.29 is 14.3 Å². The first-order valence-corrected chi connectivity index (χ1v) is 13.8. The molecule has 1 aliphatic heterocycles. The third-order valence-electron chi connectivity index (χ3n) is 6.84. The molecule has 0 radical (unpaired) electrons. The number of amides is 1. The molecule has 0 saturated carbocycles. The average Bonchev–Trinajstić information content (AvgIpc) is 3.30. The fourth-order valence-corrected chi connectivity index (χ4v) is 6.13. The first-order valence-electron chi connectivity index (χ1n) is 13.0. The van der Waals surface area contributed by atoms with E-state index in [9.17, 15) is 9.59 Å². The fourth-order valence-electron chi connectivity index (χ4n) is 4.92. The van der Waals surface area contributed by atoms with Crippen molar-refractivity contribution in [2.24, 2.45) is 0 Å². The zero-order valence-corrected chi connectivity index (χ0v) is 23.2. The van der Waals surface area contributed by atoms with Crippen molar-refractivity contribution in [2.75, 3.05) is 43.2 Å². The van der Waals surface area contributed by atoms with Crippen LogP contribution in [0.15, 0.2) is 65.6 Å². The van der Waals surface area contributed by atoms with Gasteiger partial charge in [-0.05, 0) is 51.1 Å². The van der Waals surface area contributed by atoms with Crippen molar-refractivity contribution in [1.29, 1.82) is 0 Å². The van der Waals surface area contributed by atoms with E-state index in [1.165, 1.54) is 4.90 Å². The standard InChI is InChI=1S/C30H30N4O4S/c1-30(2,3)38-29(36)32(4)19-10-11-24-23(17-19)21-8-5-7-20(27(21)39-24)22-9-6-12-34-26(35)18-25(31-28(22)34)33-13-15-37-16-14-33/h5-12,17-18H,13-16H2,1-4H3. The number of benzene rings is 2. The van der Waals surface area contributed by atoms with E-state index in [1.807, 2.05) is 57.2 Å². The number of aromatic nitrogens is 2. The molecule has 39 heavy (non-hydrogen) atoms. The van der Waals surface area contributed by atoms with Crippen LogP contribution in [0.4, 0.5) is 16.3 Å². The van der Waals surface area contributed by atoms with Crippen molar-refractivity contribution in [3.05, 3.63) is 71.1 Å². The van der Waals surface area contributed by atoms with Gasteiger partial charge in [0.15, 0.2) is 0 Å². The number of carbonyl (C=O) groups excluding carboxylic acids is 1. The van der Waals surface area contributed by atoms with Gasteiger partial charge in [0.25, 0.3) is 5.56 Å². The Labute approximate surface area is 230 Å². The van der Waals surface area contributed by atoms with Gasteiger partial charge in [-0.2, -0.15) is 0 Å². The van der Waals surface area contributed by atoms with Crippen molar-refractivity contribution in [3.8, 4) is 11.1 Å². The molecule has 6 rings (SSSR count). The van der Waals surface area contributed by atoms with Crippen molar-refractivity contribution in [3.63, 3.8) is 0 Å². The normalized spacial score (nSPS) is 14.3. The minimum absolute atomic E-state index is 0.110. The molecule has 0 aliphatic carbocycles. The summed E-state index contributed by atoms with van der Waals surface area (Å²) < 4.78 is 14.9. The zero-order chi connectivity index (χ0) is 27.3. The highest BCUT2D eigenvalue weighted by Crippen LogP contribution is 2.42. The number of pyridine rings is 1. The molecular formula is C30H30N4O4S. The molecule has 2 aromatic carbocycles. The SMILES string of the molecule is CN(C(=O)OC(C)(C)C)c1ccc2sc3c(-c4cccn5c(=O)cc(N6CCOCC6)nc45)cccc3c2c1. The summed E-state index contributed by atoms with van der Waals surface area (Å²) in [5.41, 5.74) is 2.61. The molecule has 1 amide bonds. The number of nitrogens with zero attached hydrogens (tertiary/aromatic N) is 4. The van der Waals surface area contributed by atoms with E-state index in [0.717, 1.165) is 37.0 Å². The van der Waals surface area contributed by atoms with E-state index in [2.05, 4.69) is 17.0 Å². The van der Waals surface area contributed by atoms with Gasteiger partial charge in [0.1, 0.15) is 17.1 Å². The molecule has 200 valence electrons. The molecule has 8 nitrogen and oxygen atoms in total. The molecule has 0 N–H and O–H groups in total. The van der Waals surface area contributed by atoms with Crippen LogP contribution >= 0.6 is 11.3 Å². The quantitative estimate of drug-likeness (QED) is 0.281. The minimum atomic E-state index is -0.574. The lowest BCUT2D eigenvalue weighted by Gasteiger charge is -2.27. The first-order chi connectivity index (χ1) is 18.7. The second-order valence-corrected chi connectivity index (χ2v) is 11.7.